The predicted octanol–water partition coefficient (Wildman–Crippen LogP) is 2.43. The highest BCUT2D eigenvalue weighted by Crippen LogP contribution is 2.23. The number of anilines is 1. The van der Waals surface area contributed by atoms with Gasteiger partial charge in [0.1, 0.15) is 5.82 Å². The molecule has 0 bridgehead atoms. The minimum atomic E-state index is 0.615. The molecule has 0 saturated heterocycles. The van der Waals surface area contributed by atoms with Crippen molar-refractivity contribution in [1.29, 1.82) is 0 Å². The smallest absolute Gasteiger partial charge is 0.131 e. The summed E-state index contributed by atoms with van der Waals surface area (Å²) < 4.78 is 0. The molecule has 1 aromatic heterocycles. The zero-order chi connectivity index (χ0) is 9.42. The van der Waals surface area contributed by atoms with E-state index in [1.54, 1.807) is 6.20 Å². The molecule has 0 aliphatic rings. The number of nitrogens with zero attached hydrogens (tertiary/aromatic N) is 1. The molecular formula is C11H12N2. The maximum atomic E-state index is 5.78. The Hall–Kier alpha value is -1.57. The van der Waals surface area contributed by atoms with Crippen LogP contribution in [0, 0.1) is 13.8 Å². The van der Waals surface area contributed by atoms with Crippen LogP contribution in [-0.2, 0) is 0 Å². The van der Waals surface area contributed by atoms with Crippen LogP contribution in [0.25, 0.3) is 10.8 Å². The fourth-order valence-corrected chi connectivity index (χ4v) is 1.67. The molecule has 0 fully saturated rings. The zero-order valence-corrected chi connectivity index (χ0v) is 7.83. The van der Waals surface area contributed by atoms with E-state index in [1.807, 2.05) is 6.07 Å². The van der Waals surface area contributed by atoms with E-state index in [4.69, 9.17) is 5.73 Å². The Morgan fingerprint density at radius 1 is 1.15 bits per heavy atom. The third-order valence-corrected chi connectivity index (χ3v) is 2.26. The summed E-state index contributed by atoms with van der Waals surface area (Å²) in [4.78, 5) is 4.07. The predicted molar refractivity (Wildman–Crippen MR) is 55.6 cm³/mol. The average molecular weight is 172 g/mol. The first kappa shape index (κ1) is 8.05. The number of nitrogens with two attached hydrogens (primary N) is 1. The lowest BCUT2D eigenvalue weighted by molar-refractivity contribution is 1.35. The molecule has 0 saturated carbocycles. The summed E-state index contributed by atoms with van der Waals surface area (Å²) in [6.07, 6.45) is 1.75. The first-order valence-electron chi connectivity index (χ1n) is 4.30. The summed E-state index contributed by atoms with van der Waals surface area (Å²) in [7, 11) is 0. The van der Waals surface area contributed by atoms with Crippen LogP contribution in [0.2, 0.25) is 0 Å². The van der Waals surface area contributed by atoms with Gasteiger partial charge in [-0.3, -0.25) is 0 Å². The van der Waals surface area contributed by atoms with Gasteiger partial charge in [-0.25, -0.2) is 4.98 Å². The van der Waals surface area contributed by atoms with Crippen LogP contribution in [-0.4, -0.2) is 4.98 Å². The normalized spacial score (nSPS) is 10.6. The molecule has 0 unspecified atom stereocenters. The molecule has 0 atom stereocenters. The van der Waals surface area contributed by atoms with Crippen molar-refractivity contribution < 1.29 is 0 Å². The lowest BCUT2D eigenvalue weighted by Crippen LogP contribution is -1.92. The van der Waals surface area contributed by atoms with E-state index in [9.17, 15) is 0 Å². The Kier molecular flexibility index (Phi) is 1.69. The van der Waals surface area contributed by atoms with Crippen molar-refractivity contribution in [1.82, 2.24) is 4.98 Å². The van der Waals surface area contributed by atoms with Crippen molar-refractivity contribution in [2.24, 2.45) is 0 Å². The number of rotatable bonds is 0. The Morgan fingerprint density at radius 3 is 2.69 bits per heavy atom. The van der Waals surface area contributed by atoms with Crippen molar-refractivity contribution in [2.75, 3.05) is 5.73 Å². The minimum absolute atomic E-state index is 0.615. The van der Waals surface area contributed by atoms with E-state index >= 15 is 0 Å². The van der Waals surface area contributed by atoms with E-state index in [0.717, 1.165) is 5.39 Å². The van der Waals surface area contributed by atoms with Gasteiger partial charge < -0.3 is 5.73 Å². The van der Waals surface area contributed by atoms with Gasteiger partial charge in [0.25, 0.3) is 0 Å². The second-order valence-corrected chi connectivity index (χ2v) is 3.37. The number of nitrogen functional groups attached to an aromatic ring is 1. The van der Waals surface area contributed by atoms with Crippen molar-refractivity contribution in [3.05, 3.63) is 35.5 Å². The largest absolute Gasteiger partial charge is 0.383 e. The average Bonchev–Trinajstić information content (AvgIpc) is 2.07. The van der Waals surface area contributed by atoms with Gasteiger partial charge in [-0.05, 0) is 36.9 Å². The summed E-state index contributed by atoms with van der Waals surface area (Å²) in [5.74, 6) is 0.615. The van der Waals surface area contributed by atoms with Crippen LogP contribution in [0.15, 0.2) is 24.4 Å². The molecule has 2 aromatic rings. The van der Waals surface area contributed by atoms with Crippen LogP contribution >= 0.6 is 0 Å². The van der Waals surface area contributed by atoms with Crippen LogP contribution in [0.4, 0.5) is 5.82 Å². The first-order chi connectivity index (χ1) is 6.18. The number of aromatic nitrogens is 1. The molecule has 2 heteroatoms. The van der Waals surface area contributed by atoms with Gasteiger partial charge in [-0.2, -0.15) is 0 Å². The highest BCUT2D eigenvalue weighted by atomic mass is 14.8. The Balaban J connectivity index is 2.94. The van der Waals surface area contributed by atoms with Gasteiger partial charge in [0.15, 0.2) is 0 Å². The van der Waals surface area contributed by atoms with Gasteiger partial charge in [0.2, 0.25) is 0 Å². The van der Waals surface area contributed by atoms with E-state index < -0.39 is 0 Å². The van der Waals surface area contributed by atoms with Gasteiger partial charge in [0.05, 0.1) is 0 Å². The molecule has 13 heavy (non-hydrogen) atoms. The van der Waals surface area contributed by atoms with Gasteiger partial charge >= 0.3 is 0 Å². The maximum Gasteiger partial charge on any atom is 0.131 e. The summed E-state index contributed by atoms with van der Waals surface area (Å²) in [6.45, 7) is 4.16. The Labute approximate surface area is 77.4 Å². The van der Waals surface area contributed by atoms with Gasteiger partial charge in [-0.1, -0.05) is 11.6 Å². The SMILES string of the molecule is Cc1cc(C)c2ccnc(N)c2c1. The van der Waals surface area contributed by atoms with E-state index in [1.165, 1.54) is 16.5 Å². The third-order valence-electron chi connectivity index (χ3n) is 2.26. The van der Waals surface area contributed by atoms with Gasteiger partial charge in [0, 0.05) is 11.6 Å². The third kappa shape index (κ3) is 1.24. The molecular weight excluding hydrogens is 160 g/mol. The first-order valence-corrected chi connectivity index (χ1v) is 4.30. The molecule has 2 rings (SSSR count). The lowest BCUT2D eigenvalue weighted by atomic mass is 10.0. The number of aryl methyl sites for hydroxylation is 2. The van der Waals surface area contributed by atoms with Crippen LogP contribution in [0.3, 0.4) is 0 Å². The molecule has 1 aromatic carbocycles. The summed E-state index contributed by atoms with van der Waals surface area (Å²) >= 11 is 0. The highest BCUT2D eigenvalue weighted by molar-refractivity contribution is 5.93. The molecule has 0 spiro atoms. The Morgan fingerprint density at radius 2 is 1.92 bits per heavy atom. The lowest BCUT2D eigenvalue weighted by Gasteiger charge is -2.05. The van der Waals surface area contributed by atoms with Crippen molar-refractivity contribution in [2.45, 2.75) is 13.8 Å². The molecule has 1 heterocycles. The standard InChI is InChI=1S/C11H12N2/c1-7-5-8(2)9-3-4-13-11(12)10(9)6-7/h3-6H,1-2H3,(H2,12,13). The second-order valence-electron chi connectivity index (χ2n) is 3.37. The molecule has 2 nitrogen and oxygen atoms in total. The van der Waals surface area contributed by atoms with Crippen molar-refractivity contribution in [3.8, 4) is 0 Å². The van der Waals surface area contributed by atoms with E-state index in [-0.39, 0.29) is 0 Å². The molecule has 0 aliphatic carbocycles. The van der Waals surface area contributed by atoms with Crippen LogP contribution in [0.5, 0.6) is 0 Å². The van der Waals surface area contributed by atoms with Gasteiger partial charge in [-0.15, -0.1) is 0 Å². The fourth-order valence-electron chi connectivity index (χ4n) is 1.67. The Bertz CT molecular complexity index is 461. The molecule has 66 valence electrons. The highest BCUT2D eigenvalue weighted by Gasteiger charge is 2.01. The van der Waals surface area contributed by atoms with Crippen LogP contribution in [0.1, 0.15) is 11.1 Å². The molecule has 0 radical (unpaired) electrons. The number of hydrogen-bond donors (Lipinski definition) is 1. The van der Waals surface area contributed by atoms with E-state index in [0.29, 0.717) is 5.82 Å². The van der Waals surface area contributed by atoms with E-state index in [2.05, 4.69) is 31.0 Å². The molecule has 0 amide bonds. The summed E-state index contributed by atoms with van der Waals surface area (Å²) in [5.41, 5.74) is 8.26. The quantitative estimate of drug-likeness (QED) is 0.662. The zero-order valence-electron chi connectivity index (χ0n) is 7.83. The number of hydrogen-bond acceptors (Lipinski definition) is 2. The minimum Gasteiger partial charge on any atom is -0.383 e. The molecule has 2 N–H and O–H groups in total. The number of pyridine rings is 1. The topological polar surface area (TPSA) is 38.9 Å². The van der Waals surface area contributed by atoms with Crippen molar-refractivity contribution in [3.63, 3.8) is 0 Å². The fraction of sp³-hybridized carbons (Fsp3) is 0.182. The number of fused-ring (bicyclic) bond motifs is 1. The summed E-state index contributed by atoms with van der Waals surface area (Å²) in [5, 5.41) is 2.25. The monoisotopic (exact) mass is 172 g/mol. The molecule has 0 aliphatic heterocycles. The number of benzene rings is 1. The second kappa shape index (κ2) is 2.73. The summed E-state index contributed by atoms with van der Waals surface area (Å²) in [6, 6.07) is 6.23. The van der Waals surface area contributed by atoms with Crippen LogP contribution < -0.4 is 5.73 Å². The maximum absolute atomic E-state index is 5.78. The van der Waals surface area contributed by atoms with Crippen molar-refractivity contribution >= 4 is 16.6 Å².